The average Bonchev–Trinajstić information content (AvgIpc) is 2.39. The summed E-state index contributed by atoms with van der Waals surface area (Å²) in [4.78, 5) is 4.64. The molecule has 2 aromatic rings. The van der Waals surface area contributed by atoms with Crippen LogP contribution in [0.25, 0.3) is 10.9 Å². The highest BCUT2D eigenvalue weighted by molar-refractivity contribution is 5.98. The number of nitrogens with one attached hydrogen (secondary N) is 1. The Morgan fingerprint density at radius 1 is 1.28 bits per heavy atom. The number of rotatable bonds is 4. The normalized spacial score (nSPS) is 10.7. The molecule has 1 N–H and O–H groups in total. The quantitative estimate of drug-likeness (QED) is 0.900. The van der Waals surface area contributed by atoms with Gasteiger partial charge in [-0.05, 0) is 24.6 Å². The summed E-state index contributed by atoms with van der Waals surface area (Å²) >= 11 is 0. The first-order valence-electron chi connectivity index (χ1n) is 5.85. The summed E-state index contributed by atoms with van der Waals surface area (Å²) in [5.74, 6) is 0.830. The van der Waals surface area contributed by atoms with Crippen molar-refractivity contribution in [3.63, 3.8) is 0 Å². The molecule has 1 aromatic heterocycles. The van der Waals surface area contributed by atoms with Gasteiger partial charge in [0.05, 0.1) is 30.3 Å². The first-order valence-corrected chi connectivity index (χ1v) is 5.85. The lowest BCUT2D eigenvalue weighted by Gasteiger charge is -2.13. The summed E-state index contributed by atoms with van der Waals surface area (Å²) < 4.78 is 10.6. The van der Waals surface area contributed by atoms with E-state index in [1.165, 1.54) is 0 Å². The molecule has 0 amide bonds. The first kappa shape index (κ1) is 12.6. The van der Waals surface area contributed by atoms with Crippen molar-refractivity contribution in [1.82, 2.24) is 4.98 Å². The van der Waals surface area contributed by atoms with E-state index in [0.717, 1.165) is 33.6 Å². The lowest BCUT2D eigenvalue weighted by molar-refractivity contribution is 0.182. The fourth-order valence-corrected chi connectivity index (χ4v) is 2.08. The van der Waals surface area contributed by atoms with Gasteiger partial charge in [0.25, 0.3) is 0 Å². The molecule has 0 aliphatic heterocycles. The zero-order valence-electron chi connectivity index (χ0n) is 11.2. The van der Waals surface area contributed by atoms with Crippen LogP contribution in [0.4, 0.5) is 5.69 Å². The second kappa shape index (κ2) is 5.23. The Morgan fingerprint density at radius 2 is 2.06 bits per heavy atom. The molecule has 0 unspecified atom stereocenters. The predicted molar refractivity (Wildman–Crippen MR) is 73.3 cm³/mol. The number of pyridine rings is 1. The highest BCUT2D eigenvalue weighted by atomic mass is 16.5. The van der Waals surface area contributed by atoms with Gasteiger partial charge in [-0.1, -0.05) is 6.07 Å². The van der Waals surface area contributed by atoms with Crippen molar-refractivity contribution < 1.29 is 9.47 Å². The van der Waals surface area contributed by atoms with Crippen molar-refractivity contribution in [3.05, 3.63) is 29.5 Å². The van der Waals surface area contributed by atoms with Crippen LogP contribution in [0, 0.1) is 6.92 Å². The number of aryl methyl sites for hydroxylation is 1. The summed E-state index contributed by atoms with van der Waals surface area (Å²) in [7, 11) is 5.24. The number of ether oxygens (including phenoxy) is 2. The van der Waals surface area contributed by atoms with Gasteiger partial charge >= 0.3 is 0 Å². The van der Waals surface area contributed by atoms with Crippen LogP contribution in [0.1, 0.15) is 11.3 Å². The van der Waals surface area contributed by atoms with E-state index < -0.39 is 0 Å². The monoisotopic (exact) mass is 246 g/mol. The second-order valence-corrected chi connectivity index (χ2v) is 4.15. The van der Waals surface area contributed by atoms with E-state index in [1.54, 1.807) is 14.2 Å². The van der Waals surface area contributed by atoms with Gasteiger partial charge in [0, 0.05) is 19.8 Å². The van der Waals surface area contributed by atoms with E-state index in [2.05, 4.69) is 10.3 Å². The molecule has 0 saturated heterocycles. The summed E-state index contributed by atoms with van der Waals surface area (Å²) in [6, 6.07) is 5.98. The third-order valence-electron chi connectivity index (χ3n) is 2.96. The summed E-state index contributed by atoms with van der Waals surface area (Å²) in [6.45, 7) is 2.55. The summed E-state index contributed by atoms with van der Waals surface area (Å²) in [5, 5.41) is 4.21. The van der Waals surface area contributed by atoms with Crippen molar-refractivity contribution in [2.45, 2.75) is 13.5 Å². The molecule has 0 saturated carbocycles. The molecule has 0 aliphatic rings. The summed E-state index contributed by atoms with van der Waals surface area (Å²) in [5.41, 5.74) is 3.99. The van der Waals surface area contributed by atoms with Gasteiger partial charge in [-0.25, -0.2) is 4.98 Å². The number of hydrogen-bond donors (Lipinski definition) is 1. The van der Waals surface area contributed by atoms with Crippen LogP contribution in [-0.4, -0.2) is 26.3 Å². The Bertz CT molecular complexity index is 567. The number of benzene rings is 1. The lowest BCUT2D eigenvalue weighted by Crippen LogP contribution is -2.00. The van der Waals surface area contributed by atoms with Crippen LogP contribution in [0.15, 0.2) is 18.2 Å². The van der Waals surface area contributed by atoms with Crippen molar-refractivity contribution >= 4 is 16.6 Å². The maximum absolute atomic E-state index is 5.41. The molecular formula is C14H18N2O2. The third kappa shape index (κ3) is 2.11. The fraction of sp³-hybridized carbons (Fsp3) is 0.357. The van der Waals surface area contributed by atoms with Crippen LogP contribution in [-0.2, 0) is 11.3 Å². The molecule has 2 rings (SSSR count). The largest absolute Gasteiger partial charge is 0.496 e. The van der Waals surface area contributed by atoms with Gasteiger partial charge in [0.2, 0.25) is 0 Å². The second-order valence-electron chi connectivity index (χ2n) is 4.15. The number of nitrogens with zero attached hydrogens (tertiary/aromatic N) is 1. The van der Waals surface area contributed by atoms with Crippen molar-refractivity contribution in [1.29, 1.82) is 0 Å². The number of fused-ring (bicyclic) bond motifs is 1. The van der Waals surface area contributed by atoms with Crippen molar-refractivity contribution in [2.75, 3.05) is 26.6 Å². The van der Waals surface area contributed by atoms with Crippen molar-refractivity contribution in [2.24, 2.45) is 0 Å². The van der Waals surface area contributed by atoms with Crippen LogP contribution < -0.4 is 10.1 Å². The Morgan fingerprint density at radius 3 is 2.67 bits per heavy atom. The molecule has 0 radical (unpaired) electrons. The molecule has 0 fully saturated rings. The molecule has 96 valence electrons. The SMILES string of the molecule is CNc1cc(COC)nc2c(C)ccc(OC)c12. The molecule has 18 heavy (non-hydrogen) atoms. The zero-order valence-corrected chi connectivity index (χ0v) is 11.2. The molecule has 0 bridgehead atoms. The first-order chi connectivity index (χ1) is 8.71. The minimum absolute atomic E-state index is 0.501. The third-order valence-corrected chi connectivity index (χ3v) is 2.96. The molecule has 0 aliphatic carbocycles. The molecule has 1 aromatic carbocycles. The van der Waals surface area contributed by atoms with E-state index in [0.29, 0.717) is 6.61 Å². The Kier molecular flexibility index (Phi) is 3.67. The zero-order chi connectivity index (χ0) is 13.1. The van der Waals surface area contributed by atoms with E-state index >= 15 is 0 Å². The molecular weight excluding hydrogens is 228 g/mol. The number of hydrogen-bond acceptors (Lipinski definition) is 4. The van der Waals surface area contributed by atoms with Crippen LogP contribution >= 0.6 is 0 Å². The minimum atomic E-state index is 0.501. The van der Waals surface area contributed by atoms with Gasteiger partial charge in [-0.3, -0.25) is 0 Å². The van der Waals surface area contributed by atoms with E-state index in [1.807, 2.05) is 32.2 Å². The minimum Gasteiger partial charge on any atom is -0.496 e. The number of aromatic nitrogens is 1. The molecule has 4 heteroatoms. The van der Waals surface area contributed by atoms with Gasteiger partial charge in [0.15, 0.2) is 0 Å². The predicted octanol–water partition coefficient (Wildman–Crippen LogP) is 2.74. The topological polar surface area (TPSA) is 43.4 Å². The van der Waals surface area contributed by atoms with Gasteiger partial charge in [-0.15, -0.1) is 0 Å². The average molecular weight is 246 g/mol. The van der Waals surface area contributed by atoms with Gasteiger partial charge in [-0.2, -0.15) is 0 Å². The van der Waals surface area contributed by atoms with Crippen molar-refractivity contribution in [3.8, 4) is 5.75 Å². The number of anilines is 1. The standard InChI is InChI=1S/C14H18N2O2/c1-9-5-6-12(18-4)13-11(15-2)7-10(8-17-3)16-14(9)13/h5-7H,8H2,1-4H3,(H,15,16). The lowest BCUT2D eigenvalue weighted by atomic mass is 10.1. The van der Waals surface area contributed by atoms with E-state index in [4.69, 9.17) is 9.47 Å². The van der Waals surface area contributed by atoms with Gasteiger partial charge in [0.1, 0.15) is 5.75 Å². The number of methoxy groups -OCH3 is 2. The Hall–Kier alpha value is -1.81. The van der Waals surface area contributed by atoms with Crippen LogP contribution in [0.5, 0.6) is 5.75 Å². The Labute approximate surface area is 107 Å². The molecule has 4 nitrogen and oxygen atoms in total. The maximum Gasteiger partial charge on any atom is 0.130 e. The van der Waals surface area contributed by atoms with Crippen LogP contribution in [0.3, 0.4) is 0 Å². The fourth-order valence-electron chi connectivity index (χ4n) is 2.08. The van der Waals surface area contributed by atoms with E-state index in [-0.39, 0.29) is 0 Å². The molecule has 1 heterocycles. The highest BCUT2D eigenvalue weighted by Gasteiger charge is 2.11. The Balaban J connectivity index is 2.77. The molecule has 0 spiro atoms. The van der Waals surface area contributed by atoms with Crippen LogP contribution in [0.2, 0.25) is 0 Å². The van der Waals surface area contributed by atoms with E-state index in [9.17, 15) is 0 Å². The summed E-state index contributed by atoms with van der Waals surface area (Å²) in [6.07, 6.45) is 0. The maximum atomic E-state index is 5.41. The highest BCUT2D eigenvalue weighted by Crippen LogP contribution is 2.33. The smallest absolute Gasteiger partial charge is 0.130 e. The molecule has 0 atom stereocenters. The van der Waals surface area contributed by atoms with Gasteiger partial charge < -0.3 is 14.8 Å².